The summed E-state index contributed by atoms with van der Waals surface area (Å²) >= 11 is 0. The summed E-state index contributed by atoms with van der Waals surface area (Å²) in [5, 5.41) is 3.71. The molecule has 1 aromatic carbocycles. The van der Waals surface area contributed by atoms with Crippen molar-refractivity contribution in [2.75, 3.05) is 12.9 Å². The van der Waals surface area contributed by atoms with Crippen molar-refractivity contribution in [2.24, 2.45) is 0 Å². The van der Waals surface area contributed by atoms with Crippen LogP contribution in [-0.2, 0) is 31.4 Å². The summed E-state index contributed by atoms with van der Waals surface area (Å²) in [5.41, 5.74) is 1.00. The summed E-state index contributed by atoms with van der Waals surface area (Å²) in [6.45, 7) is -0.189. The molecule has 0 amide bonds. The summed E-state index contributed by atoms with van der Waals surface area (Å²) in [5.74, 6) is 0.379. The van der Waals surface area contributed by atoms with E-state index < -0.39 is 20.8 Å². The summed E-state index contributed by atoms with van der Waals surface area (Å²) in [6, 6.07) is 4.15. The van der Waals surface area contributed by atoms with E-state index in [0.29, 0.717) is 16.9 Å². The Bertz CT molecular complexity index is 1010. The molecule has 1 aromatic heterocycles. The molecule has 1 aliphatic carbocycles. The minimum atomic E-state index is -3.48. The molecule has 0 radical (unpaired) electrons. The zero-order valence-electron chi connectivity index (χ0n) is 13.9. The number of benzene rings is 1. The smallest absolute Gasteiger partial charge is 0.257 e. The van der Waals surface area contributed by atoms with Crippen LogP contribution in [0.4, 0.5) is 0 Å². The van der Waals surface area contributed by atoms with E-state index in [1.54, 1.807) is 0 Å². The number of ketones is 1. The van der Waals surface area contributed by atoms with Gasteiger partial charge in [0, 0.05) is 17.7 Å². The predicted octanol–water partition coefficient (Wildman–Crippen LogP) is 1.27. The Labute approximate surface area is 152 Å². The number of hydrogen-bond donors (Lipinski definition) is 1. The number of aromatic nitrogens is 1. The molecule has 0 bridgehead atoms. The fourth-order valence-electron chi connectivity index (χ4n) is 2.66. The fourth-order valence-corrected chi connectivity index (χ4v) is 3.58. The third kappa shape index (κ3) is 4.19. The molecule has 0 aliphatic heterocycles. The number of carbonyl (C=O) groups is 1. The zero-order valence-corrected chi connectivity index (χ0v) is 15.6. The quantitative estimate of drug-likeness (QED) is 0.520. The highest BCUT2D eigenvalue weighted by Crippen LogP contribution is 2.42. The Morgan fingerprint density at radius 3 is 2.65 bits per heavy atom. The van der Waals surface area contributed by atoms with E-state index in [1.807, 2.05) is 0 Å². The topological polar surface area (TPSA) is 121 Å². The minimum Gasteiger partial charge on any atom is -0.360 e. The van der Waals surface area contributed by atoms with Gasteiger partial charge in [0.2, 0.25) is 0 Å². The van der Waals surface area contributed by atoms with Crippen molar-refractivity contribution in [1.29, 1.82) is 0 Å². The minimum absolute atomic E-state index is 0.0447. The van der Waals surface area contributed by atoms with E-state index in [-0.39, 0.29) is 35.2 Å². The molecule has 0 spiro atoms. The van der Waals surface area contributed by atoms with Crippen LogP contribution in [-0.4, -0.2) is 40.6 Å². The number of sulfone groups is 1. The lowest BCUT2D eigenvalue weighted by atomic mass is 9.96. The number of nitrogens with zero attached hydrogens (tertiary/aromatic N) is 1. The van der Waals surface area contributed by atoms with Crippen LogP contribution in [0.3, 0.4) is 0 Å². The molecule has 10 heteroatoms. The van der Waals surface area contributed by atoms with Crippen molar-refractivity contribution in [3.05, 3.63) is 46.8 Å². The molecule has 140 valence electrons. The van der Waals surface area contributed by atoms with Gasteiger partial charge in [-0.05, 0) is 43.0 Å². The van der Waals surface area contributed by atoms with Crippen LogP contribution in [0.25, 0.3) is 0 Å². The number of rotatable bonds is 8. The van der Waals surface area contributed by atoms with E-state index in [9.17, 15) is 21.6 Å². The maximum Gasteiger partial charge on any atom is 0.257 e. The summed E-state index contributed by atoms with van der Waals surface area (Å²) < 4.78 is 54.5. The van der Waals surface area contributed by atoms with Crippen molar-refractivity contribution >= 4 is 26.6 Å². The number of thiol groups is 1. The first-order valence-corrected chi connectivity index (χ1v) is 10.9. The highest BCUT2D eigenvalue weighted by atomic mass is 32.2. The average Bonchev–Trinajstić information content (AvgIpc) is 3.30. The van der Waals surface area contributed by atoms with Crippen molar-refractivity contribution in [2.45, 2.75) is 30.1 Å². The largest absolute Gasteiger partial charge is 0.360 e. The van der Waals surface area contributed by atoms with Crippen LogP contribution in [0.1, 0.15) is 46.0 Å². The van der Waals surface area contributed by atoms with Gasteiger partial charge < -0.3 is 4.52 Å². The summed E-state index contributed by atoms with van der Waals surface area (Å²) in [4.78, 5) is 13.0. The van der Waals surface area contributed by atoms with E-state index in [0.717, 1.165) is 19.1 Å². The maximum atomic E-state index is 12.9. The molecule has 26 heavy (non-hydrogen) atoms. The second-order valence-electron chi connectivity index (χ2n) is 6.11. The van der Waals surface area contributed by atoms with Gasteiger partial charge in [-0.25, -0.2) is 16.8 Å². The molecule has 0 atom stereocenters. The van der Waals surface area contributed by atoms with E-state index in [4.69, 9.17) is 4.52 Å². The van der Waals surface area contributed by atoms with Gasteiger partial charge in [0.15, 0.2) is 21.4 Å². The van der Waals surface area contributed by atoms with E-state index in [1.165, 1.54) is 24.4 Å². The van der Waals surface area contributed by atoms with Gasteiger partial charge in [-0.3, -0.25) is 8.98 Å². The van der Waals surface area contributed by atoms with Crippen LogP contribution in [0.15, 0.2) is 33.8 Å². The molecule has 3 rings (SSSR count). The van der Waals surface area contributed by atoms with Gasteiger partial charge in [0.25, 0.3) is 11.0 Å². The van der Waals surface area contributed by atoms with Gasteiger partial charge in [-0.15, -0.1) is 0 Å². The molecule has 1 fully saturated rings. The second-order valence-corrected chi connectivity index (χ2v) is 8.83. The Balaban J connectivity index is 1.98. The first kappa shape index (κ1) is 18.7. The lowest BCUT2D eigenvalue weighted by molar-refractivity contribution is 0.103. The SMILES string of the molecule is CS(=O)(=O)c1ccc(C(=O)c2cnoc2C2CC2)c(CCO[SH](=O)=O)c1. The third-order valence-electron chi connectivity index (χ3n) is 4.11. The number of hydrogen-bond acceptors (Lipinski definition) is 8. The normalized spacial score (nSPS) is 14.7. The Hall–Kier alpha value is -2.04. The molecule has 0 saturated heterocycles. The first-order chi connectivity index (χ1) is 12.3. The van der Waals surface area contributed by atoms with E-state index >= 15 is 0 Å². The highest BCUT2D eigenvalue weighted by Gasteiger charge is 2.33. The fraction of sp³-hybridized carbons (Fsp3) is 0.375. The van der Waals surface area contributed by atoms with Gasteiger partial charge in [0.1, 0.15) is 0 Å². The molecule has 0 N–H and O–H groups in total. The molecule has 2 aromatic rings. The van der Waals surface area contributed by atoms with Gasteiger partial charge in [-0.2, -0.15) is 0 Å². The van der Waals surface area contributed by atoms with Crippen molar-refractivity contribution < 1.29 is 30.3 Å². The molecule has 0 unspecified atom stereocenters. The van der Waals surface area contributed by atoms with Crippen molar-refractivity contribution in [3.8, 4) is 0 Å². The molecule has 8 nitrogen and oxygen atoms in total. The van der Waals surface area contributed by atoms with Gasteiger partial charge in [0.05, 0.1) is 23.3 Å². The lowest BCUT2D eigenvalue weighted by Gasteiger charge is -2.10. The first-order valence-electron chi connectivity index (χ1n) is 7.87. The Morgan fingerprint density at radius 1 is 1.31 bits per heavy atom. The van der Waals surface area contributed by atoms with Gasteiger partial charge in [-0.1, -0.05) is 5.16 Å². The molecule has 1 saturated carbocycles. The highest BCUT2D eigenvalue weighted by molar-refractivity contribution is 7.90. The third-order valence-corrected chi connectivity index (χ3v) is 5.61. The Kier molecular flexibility index (Phi) is 5.26. The standard InChI is InChI=1S/C16H17NO7S2/c1-26(21,22)12-4-5-13(11(8-12)6-7-23-25(19)20)15(18)14-9-17-24-16(14)10-2-3-10/h4-5,8-10,25H,2-3,6-7H2,1H3. The monoisotopic (exact) mass is 399 g/mol. The van der Waals surface area contributed by atoms with Crippen LogP contribution < -0.4 is 0 Å². The molecule has 1 aliphatic rings. The summed E-state index contributed by atoms with van der Waals surface area (Å²) in [6.07, 6.45) is 4.34. The van der Waals surface area contributed by atoms with Crippen molar-refractivity contribution in [3.63, 3.8) is 0 Å². The Morgan fingerprint density at radius 2 is 2.04 bits per heavy atom. The van der Waals surface area contributed by atoms with E-state index in [2.05, 4.69) is 9.34 Å². The molecular formula is C16H17NO7S2. The maximum absolute atomic E-state index is 12.9. The van der Waals surface area contributed by atoms with Gasteiger partial charge >= 0.3 is 0 Å². The predicted molar refractivity (Wildman–Crippen MR) is 91.4 cm³/mol. The van der Waals surface area contributed by atoms with Crippen LogP contribution in [0.5, 0.6) is 0 Å². The average molecular weight is 399 g/mol. The van der Waals surface area contributed by atoms with Crippen LogP contribution in [0, 0.1) is 0 Å². The number of carbonyl (C=O) groups excluding carboxylic acids is 1. The molecular weight excluding hydrogens is 382 g/mol. The van der Waals surface area contributed by atoms with Crippen molar-refractivity contribution in [1.82, 2.24) is 5.16 Å². The molecule has 1 heterocycles. The summed E-state index contributed by atoms with van der Waals surface area (Å²) in [7, 11) is -6.50. The zero-order chi connectivity index (χ0) is 18.9. The van der Waals surface area contributed by atoms with Crippen LogP contribution in [0.2, 0.25) is 0 Å². The second kappa shape index (κ2) is 7.29. The lowest BCUT2D eigenvalue weighted by Crippen LogP contribution is -2.10. The van der Waals surface area contributed by atoms with Crippen LogP contribution >= 0.6 is 0 Å².